The average molecular weight is 620 g/mol. The molecule has 2 aromatic carbocycles. The number of nitrogens with one attached hydrogen (secondary N) is 2. The van der Waals surface area contributed by atoms with E-state index in [4.69, 9.17) is 14.2 Å². The number of hydrogen-bond acceptors (Lipinski definition) is 7. The molecular formula is C30H36F3N5O6. The Hall–Kier alpha value is -4.46. The Morgan fingerprint density at radius 1 is 1.00 bits per heavy atom. The van der Waals surface area contributed by atoms with Crippen LogP contribution >= 0.6 is 0 Å². The fourth-order valence-corrected chi connectivity index (χ4v) is 5.30. The number of carbonyl (C=O) groups is 3. The van der Waals surface area contributed by atoms with Crippen LogP contribution in [0.2, 0.25) is 0 Å². The van der Waals surface area contributed by atoms with Gasteiger partial charge in [-0.2, -0.15) is 13.2 Å². The lowest BCUT2D eigenvalue weighted by Gasteiger charge is -2.40. The van der Waals surface area contributed by atoms with Crippen LogP contribution in [0.15, 0.2) is 53.7 Å². The number of anilines is 1. The van der Waals surface area contributed by atoms with Crippen molar-refractivity contribution in [3.05, 3.63) is 64.9 Å². The minimum absolute atomic E-state index is 0.129. The van der Waals surface area contributed by atoms with Crippen LogP contribution in [0.5, 0.6) is 11.5 Å². The molecule has 0 spiro atoms. The van der Waals surface area contributed by atoms with E-state index in [0.29, 0.717) is 55.5 Å². The SMILES string of the molecule is CCOC(=O)C1=C(CN2CCN(C(=O)Nc3ccc(C(F)(F)F)cc3)CC2)N(CC)C(=O)N[C@@H]1c1cccc(OC)c1OC. The van der Waals surface area contributed by atoms with Gasteiger partial charge in [0.15, 0.2) is 11.5 Å². The summed E-state index contributed by atoms with van der Waals surface area (Å²) in [5.74, 6) is 0.233. The van der Waals surface area contributed by atoms with E-state index >= 15 is 0 Å². The van der Waals surface area contributed by atoms with E-state index in [9.17, 15) is 27.6 Å². The molecule has 44 heavy (non-hydrogen) atoms. The number of para-hydroxylation sites is 1. The highest BCUT2D eigenvalue weighted by Gasteiger charge is 2.40. The molecule has 0 aliphatic carbocycles. The Morgan fingerprint density at radius 2 is 1.68 bits per heavy atom. The van der Waals surface area contributed by atoms with Crippen molar-refractivity contribution in [2.75, 3.05) is 65.4 Å². The molecule has 2 N–H and O–H groups in total. The summed E-state index contributed by atoms with van der Waals surface area (Å²) in [6, 6.07) is 7.75. The van der Waals surface area contributed by atoms with E-state index in [1.165, 1.54) is 31.3 Å². The highest BCUT2D eigenvalue weighted by molar-refractivity contribution is 5.95. The molecule has 2 aliphatic heterocycles. The Kier molecular flexibility index (Phi) is 10.2. The minimum Gasteiger partial charge on any atom is -0.493 e. The summed E-state index contributed by atoms with van der Waals surface area (Å²) in [5.41, 5.74) is 0.724. The van der Waals surface area contributed by atoms with Crippen molar-refractivity contribution >= 4 is 23.7 Å². The van der Waals surface area contributed by atoms with E-state index in [2.05, 4.69) is 10.6 Å². The molecular weight excluding hydrogens is 583 g/mol. The molecule has 238 valence electrons. The van der Waals surface area contributed by atoms with Gasteiger partial charge in [0.05, 0.1) is 38.0 Å². The van der Waals surface area contributed by atoms with Gasteiger partial charge in [-0.25, -0.2) is 14.4 Å². The Bertz CT molecular complexity index is 1390. The zero-order chi connectivity index (χ0) is 32.0. The normalized spacial score (nSPS) is 17.7. The van der Waals surface area contributed by atoms with Crippen LogP contribution in [-0.2, 0) is 15.7 Å². The topological polar surface area (TPSA) is 113 Å². The molecule has 2 heterocycles. The van der Waals surface area contributed by atoms with Crippen LogP contribution < -0.4 is 20.1 Å². The second-order valence-corrected chi connectivity index (χ2v) is 10.1. The van der Waals surface area contributed by atoms with Crippen LogP contribution in [0.25, 0.3) is 0 Å². The standard InChI is InChI=1S/C30H36F3N5O6/c1-5-38-22(18-36-14-16-37(17-15-36)28(40)34-20-12-10-19(11-13-20)30(31,32)33)24(27(39)44-6-2)25(35-29(38)41)21-8-7-9-23(42-3)26(21)43-4/h7-13,25H,5-6,14-18H2,1-4H3,(H,34,40)(H,35,41)/t25-/m1/s1. The van der Waals surface area contributed by atoms with Crippen LogP contribution in [0.1, 0.15) is 31.0 Å². The molecule has 4 rings (SSSR count). The summed E-state index contributed by atoms with van der Waals surface area (Å²) >= 11 is 0. The number of rotatable bonds is 9. The predicted molar refractivity (Wildman–Crippen MR) is 155 cm³/mol. The maximum atomic E-state index is 13.5. The lowest BCUT2D eigenvalue weighted by Crippen LogP contribution is -2.54. The number of amides is 4. The van der Waals surface area contributed by atoms with Gasteiger partial charge in [-0.3, -0.25) is 9.80 Å². The van der Waals surface area contributed by atoms with Gasteiger partial charge in [0.2, 0.25) is 0 Å². The van der Waals surface area contributed by atoms with Gasteiger partial charge in [0.25, 0.3) is 0 Å². The van der Waals surface area contributed by atoms with Crippen LogP contribution in [0, 0.1) is 0 Å². The summed E-state index contributed by atoms with van der Waals surface area (Å²) in [5, 5.41) is 5.56. The minimum atomic E-state index is -4.46. The third-order valence-corrected chi connectivity index (χ3v) is 7.49. The second kappa shape index (κ2) is 13.9. The molecule has 0 unspecified atom stereocenters. The number of halogens is 3. The van der Waals surface area contributed by atoms with Crippen molar-refractivity contribution in [1.29, 1.82) is 0 Å². The number of hydrogen-bond donors (Lipinski definition) is 2. The first-order valence-corrected chi connectivity index (χ1v) is 14.2. The number of likely N-dealkylation sites (N-methyl/N-ethyl adjacent to an activating group) is 1. The van der Waals surface area contributed by atoms with E-state index in [0.717, 1.165) is 12.1 Å². The predicted octanol–water partition coefficient (Wildman–Crippen LogP) is 4.48. The monoisotopic (exact) mass is 619 g/mol. The van der Waals surface area contributed by atoms with Crippen LogP contribution in [0.4, 0.5) is 28.4 Å². The first-order valence-electron chi connectivity index (χ1n) is 14.2. The molecule has 2 aliphatic rings. The fraction of sp³-hybridized carbons (Fsp3) is 0.433. The molecule has 1 saturated heterocycles. The summed E-state index contributed by atoms with van der Waals surface area (Å²) in [6.07, 6.45) is -4.46. The molecule has 0 bridgehead atoms. The summed E-state index contributed by atoms with van der Waals surface area (Å²) in [7, 11) is 2.98. The molecule has 4 amide bonds. The average Bonchev–Trinajstić information content (AvgIpc) is 3.00. The first kappa shape index (κ1) is 32.5. The van der Waals surface area contributed by atoms with E-state index < -0.39 is 29.8 Å². The number of methoxy groups -OCH3 is 2. The molecule has 1 atom stereocenters. The highest BCUT2D eigenvalue weighted by atomic mass is 19.4. The van der Waals surface area contributed by atoms with Crippen molar-refractivity contribution in [2.45, 2.75) is 26.1 Å². The first-order chi connectivity index (χ1) is 21.0. The van der Waals surface area contributed by atoms with Crippen molar-refractivity contribution in [1.82, 2.24) is 20.0 Å². The van der Waals surface area contributed by atoms with Gasteiger partial charge < -0.3 is 29.7 Å². The smallest absolute Gasteiger partial charge is 0.416 e. The van der Waals surface area contributed by atoms with Crippen LogP contribution in [0.3, 0.4) is 0 Å². The number of ether oxygens (including phenoxy) is 3. The zero-order valence-electron chi connectivity index (χ0n) is 25.0. The molecule has 0 aromatic heterocycles. The van der Waals surface area contributed by atoms with Crippen molar-refractivity contribution < 1.29 is 41.8 Å². The lowest BCUT2D eigenvalue weighted by molar-refractivity contribution is -0.139. The lowest BCUT2D eigenvalue weighted by atomic mass is 9.93. The van der Waals surface area contributed by atoms with E-state index in [1.807, 2.05) is 4.90 Å². The van der Waals surface area contributed by atoms with Gasteiger partial charge in [-0.15, -0.1) is 0 Å². The summed E-state index contributed by atoms with van der Waals surface area (Å²) in [6.45, 7) is 5.64. The number of nitrogens with zero attached hydrogens (tertiary/aromatic N) is 3. The van der Waals surface area contributed by atoms with Crippen LogP contribution in [-0.4, -0.2) is 92.8 Å². The van der Waals surface area contributed by atoms with Gasteiger partial charge in [0.1, 0.15) is 0 Å². The Balaban J connectivity index is 1.55. The second-order valence-electron chi connectivity index (χ2n) is 10.1. The third-order valence-electron chi connectivity index (χ3n) is 7.49. The van der Waals surface area contributed by atoms with E-state index in [-0.39, 0.29) is 30.4 Å². The third kappa shape index (κ3) is 7.01. The molecule has 1 fully saturated rings. The molecule has 0 saturated carbocycles. The quantitative estimate of drug-likeness (QED) is 0.398. The Morgan fingerprint density at radius 3 is 2.25 bits per heavy atom. The van der Waals surface area contributed by atoms with Gasteiger partial charge >= 0.3 is 24.2 Å². The highest BCUT2D eigenvalue weighted by Crippen LogP contribution is 2.40. The molecule has 14 heteroatoms. The Labute approximate surface area is 253 Å². The number of benzene rings is 2. The number of alkyl halides is 3. The van der Waals surface area contributed by atoms with Crippen molar-refractivity contribution in [3.63, 3.8) is 0 Å². The molecule has 2 aromatic rings. The summed E-state index contributed by atoms with van der Waals surface area (Å²) < 4.78 is 55.1. The van der Waals surface area contributed by atoms with Gasteiger partial charge in [0, 0.05) is 56.2 Å². The summed E-state index contributed by atoms with van der Waals surface area (Å²) in [4.78, 5) is 44.7. The largest absolute Gasteiger partial charge is 0.493 e. The zero-order valence-corrected chi connectivity index (χ0v) is 25.0. The number of urea groups is 2. The van der Waals surface area contributed by atoms with Crippen molar-refractivity contribution in [3.8, 4) is 11.5 Å². The number of piperazine rings is 1. The van der Waals surface area contributed by atoms with Crippen molar-refractivity contribution in [2.24, 2.45) is 0 Å². The van der Waals surface area contributed by atoms with Gasteiger partial charge in [-0.05, 0) is 44.2 Å². The number of esters is 1. The molecule has 11 nitrogen and oxygen atoms in total. The fourth-order valence-electron chi connectivity index (χ4n) is 5.30. The number of carbonyl (C=O) groups excluding carboxylic acids is 3. The van der Waals surface area contributed by atoms with E-state index in [1.54, 1.807) is 36.9 Å². The maximum Gasteiger partial charge on any atom is 0.416 e. The maximum absolute atomic E-state index is 13.5. The molecule has 0 radical (unpaired) electrons. The van der Waals surface area contributed by atoms with Gasteiger partial charge in [-0.1, -0.05) is 12.1 Å².